The summed E-state index contributed by atoms with van der Waals surface area (Å²) in [6, 6.07) is 8.40. The van der Waals surface area contributed by atoms with Crippen molar-refractivity contribution in [3.05, 3.63) is 35.4 Å². The minimum absolute atomic E-state index is 0.348. The molecule has 4 nitrogen and oxygen atoms in total. The highest BCUT2D eigenvalue weighted by molar-refractivity contribution is 5.76. The Bertz CT molecular complexity index is 468. The van der Waals surface area contributed by atoms with E-state index in [0.717, 1.165) is 19.5 Å². The van der Waals surface area contributed by atoms with Gasteiger partial charge in [0.1, 0.15) is 5.41 Å². The molecule has 0 aliphatic carbocycles. The summed E-state index contributed by atoms with van der Waals surface area (Å²) < 4.78 is 5.10. The van der Waals surface area contributed by atoms with Gasteiger partial charge in [-0.3, -0.25) is 9.69 Å². The lowest BCUT2D eigenvalue weighted by molar-refractivity contribution is -0.183. The molecule has 2 heterocycles. The standard InChI is InChI=1S/C14H17NO3/c16-13(17)14(9-18-10-14)8-15-6-5-11-3-1-2-4-12(11)7-15/h1-4H,5-10H2,(H,16,17). The summed E-state index contributed by atoms with van der Waals surface area (Å²) in [4.78, 5) is 13.6. The van der Waals surface area contributed by atoms with Crippen molar-refractivity contribution in [2.75, 3.05) is 26.3 Å². The second-order valence-corrected chi connectivity index (χ2v) is 5.31. The molecule has 1 fully saturated rings. The molecule has 0 atom stereocenters. The van der Waals surface area contributed by atoms with Gasteiger partial charge in [-0.05, 0) is 17.5 Å². The number of nitrogens with zero attached hydrogens (tertiary/aromatic N) is 1. The van der Waals surface area contributed by atoms with Crippen LogP contribution in [-0.2, 0) is 22.5 Å². The van der Waals surface area contributed by atoms with Crippen LogP contribution in [0.3, 0.4) is 0 Å². The molecular weight excluding hydrogens is 230 g/mol. The molecule has 96 valence electrons. The number of carbonyl (C=O) groups is 1. The summed E-state index contributed by atoms with van der Waals surface area (Å²) in [6.07, 6.45) is 1.01. The van der Waals surface area contributed by atoms with Crippen molar-refractivity contribution in [2.24, 2.45) is 5.41 Å². The highest BCUT2D eigenvalue weighted by Gasteiger charge is 2.47. The minimum Gasteiger partial charge on any atom is -0.481 e. The Morgan fingerprint density at radius 1 is 1.33 bits per heavy atom. The van der Waals surface area contributed by atoms with Crippen LogP contribution in [-0.4, -0.2) is 42.3 Å². The number of carboxylic acids is 1. The molecule has 1 saturated heterocycles. The summed E-state index contributed by atoms with van der Waals surface area (Å²) in [7, 11) is 0. The summed E-state index contributed by atoms with van der Waals surface area (Å²) >= 11 is 0. The number of benzene rings is 1. The average molecular weight is 247 g/mol. The van der Waals surface area contributed by atoms with Crippen molar-refractivity contribution in [2.45, 2.75) is 13.0 Å². The fourth-order valence-corrected chi connectivity index (χ4v) is 2.75. The number of fused-ring (bicyclic) bond motifs is 1. The Hall–Kier alpha value is -1.39. The number of ether oxygens (including phenoxy) is 1. The summed E-state index contributed by atoms with van der Waals surface area (Å²) in [5.74, 6) is -0.729. The molecule has 1 N–H and O–H groups in total. The second kappa shape index (κ2) is 4.37. The fourth-order valence-electron chi connectivity index (χ4n) is 2.75. The molecule has 1 aromatic rings. The molecule has 4 heteroatoms. The third-order valence-electron chi connectivity index (χ3n) is 3.95. The molecule has 0 bridgehead atoms. The van der Waals surface area contributed by atoms with Gasteiger partial charge >= 0.3 is 5.97 Å². The zero-order valence-electron chi connectivity index (χ0n) is 10.3. The Balaban J connectivity index is 1.71. The van der Waals surface area contributed by atoms with Crippen molar-refractivity contribution >= 4 is 5.97 Å². The van der Waals surface area contributed by atoms with Gasteiger partial charge in [-0.15, -0.1) is 0 Å². The first kappa shape index (κ1) is 11.7. The van der Waals surface area contributed by atoms with Crippen LogP contribution in [0.25, 0.3) is 0 Å². The van der Waals surface area contributed by atoms with Gasteiger partial charge in [0.25, 0.3) is 0 Å². The van der Waals surface area contributed by atoms with Crippen molar-refractivity contribution in [3.8, 4) is 0 Å². The van der Waals surface area contributed by atoms with Crippen LogP contribution >= 0.6 is 0 Å². The predicted octanol–water partition coefficient (Wildman–Crippen LogP) is 1.15. The first-order valence-electron chi connectivity index (χ1n) is 6.30. The normalized spacial score (nSPS) is 22.0. The Kier molecular flexibility index (Phi) is 2.84. The van der Waals surface area contributed by atoms with E-state index in [9.17, 15) is 9.90 Å². The minimum atomic E-state index is -0.729. The van der Waals surface area contributed by atoms with Crippen molar-refractivity contribution in [1.29, 1.82) is 0 Å². The van der Waals surface area contributed by atoms with Crippen LogP contribution in [0, 0.1) is 5.41 Å². The predicted molar refractivity (Wildman–Crippen MR) is 66.3 cm³/mol. The first-order chi connectivity index (χ1) is 8.70. The molecule has 0 aromatic heterocycles. The van der Waals surface area contributed by atoms with E-state index in [4.69, 9.17) is 4.74 Å². The molecule has 18 heavy (non-hydrogen) atoms. The lowest BCUT2D eigenvalue weighted by Gasteiger charge is -2.42. The largest absolute Gasteiger partial charge is 0.481 e. The number of hydrogen-bond donors (Lipinski definition) is 1. The van der Waals surface area contributed by atoms with Gasteiger partial charge in [-0.2, -0.15) is 0 Å². The molecule has 2 aliphatic heterocycles. The number of hydrogen-bond acceptors (Lipinski definition) is 3. The van der Waals surface area contributed by atoms with Crippen LogP contribution < -0.4 is 0 Å². The van der Waals surface area contributed by atoms with E-state index in [1.54, 1.807) is 0 Å². The highest BCUT2D eigenvalue weighted by Crippen LogP contribution is 2.31. The zero-order chi connectivity index (χ0) is 12.6. The molecule has 0 radical (unpaired) electrons. The van der Waals surface area contributed by atoms with Gasteiger partial charge in [0.05, 0.1) is 13.2 Å². The van der Waals surface area contributed by atoms with Crippen molar-refractivity contribution in [3.63, 3.8) is 0 Å². The van der Waals surface area contributed by atoms with Gasteiger partial charge in [0.15, 0.2) is 0 Å². The maximum atomic E-state index is 11.3. The molecule has 2 aliphatic rings. The quantitative estimate of drug-likeness (QED) is 0.870. The SMILES string of the molecule is O=C(O)C1(CN2CCc3ccccc3C2)COC1. The lowest BCUT2D eigenvalue weighted by atomic mass is 9.84. The van der Waals surface area contributed by atoms with E-state index in [1.165, 1.54) is 11.1 Å². The first-order valence-corrected chi connectivity index (χ1v) is 6.30. The highest BCUT2D eigenvalue weighted by atomic mass is 16.5. The number of carboxylic acid groups (broad SMARTS) is 1. The molecule has 1 aromatic carbocycles. The van der Waals surface area contributed by atoms with E-state index in [1.807, 2.05) is 6.07 Å². The third kappa shape index (κ3) is 1.91. The molecule has 0 amide bonds. The number of rotatable bonds is 3. The summed E-state index contributed by atoms with van der Waals surface area (Å²) in [5, 5.41) is 9.30. The fraction of sp³-hybridized carbons (Fsp3) is 0.500. The lowest BCUT2D eigenvalue weighted by Crippen LogP contribution is -2.56. The van der Waals surface area contributed by atoms with E-state index >= 15 is 0 Å². The molecular formula is C14H17NO3. The Labute approximate surface area is 106 Å². The van der Waals surface area contributed by atoms with Crippen molar-refractivity contribution in [1.82, 2.24) is 4.90 Å². The zero-order valence-corrected chi connectivity index (χ0v) is 10.3. The third-order valence-corrected chi connectivity index (χ3v) is 3.95. The van der Waals surface area contributed by atoms with E-state index in [0.29, 0.717) is 19.8 Å². The van der Waals surface area contributed by atoms with E-state index in [2.05, 4.69) is 23.1 Å². The van der Waals surface area contributed by atoms with Gasteiger partial charge in [0.2, 0.25) is 0 Å². The monoisotopic (exact) mass is 247 g/mol. The topological polar surface area (TPSA) is 49.8 Å². The second-order valence-electron chi connectivity index (χ2n) is 5.31. The van der Waals surface area contributed by atoms with E-state index in [-0.39, 0.29) is 0 Å². The van der Waals surface area contributed by atoms with Crippen LogP contribution in [0.5, 0.6) is 0 Å². The Morgan fingerprint density at radius 3 is 2.67 bits per heavy atom. The van der Waals surface area contributed by atoms with Gasteiger partial charge in [0, 0.05) is 19.6 Å². The van der Waals surface area contributed by atoms with Crippen LogP contribution in [0.2, 0.25) is 0 Å². The van der Waals surface area contributed by atoms with Gasteiger partial charge < -0.3 is 9.84 Å². The smallest absolute Gasteiger partial charge is 0.315 e. The average Bonchev–Trinajstić information content (AvgIpc) is 2.33. The van der Waals surface area contributed by atoms with Gasteiger partial charge in [-0.1, -0.05) is 24.3 Å². The molecule has 3 rings (SSSR count). The Morgan fingerprint density at radius 2 is 2.06 bits per heavy atom. The van der Waals surface area contributed by atoms with Crippen molar-refractivity contribution < 1.29 is 14.6 Å². The molecule has 0 unspecified atom stereocenters. The van der Waals surface area contributed by atoms with Gasteiger partial charge in [-0.25, -0.2) is 0 Å². The maximum Gasteiger partial charge on any atom is 0.315 e. The van der Waals surface area contributed by atoms with Crippen LogP contribution in [0.1, 0.15) is 11.1 Å². The molecule has 0 spiro atoms. The van der Waals surface area contributed by atoms with Crippen LogP contribution in [0.4, 0.5) is 0 Å². The number of aliphatic carboxylic acids is 1. The molecule has 0 saturated carbocycles. The van der Waals surface area contributed by atoms with E-state index < -0.39 is 11.4 Å². The summed E-state index contributed by atoms with van der Waals surface area (Å²) in [6.45, 7) is 3.08. The maximum absolute atomic E-state index is 11.3. The van der Waals surface area contributed by atoms with Crippen LogP contribution in [0.15, 0.2) is 24.3 Å². The summed E-state index contributed by atoms with van der Waals surface area (Å²) in [5.41, 5.74) is 2.04.